The molecule has 0 atom stereocenters. The van der Waals surface area contributed by atoms with Gasteiger partial charge in [0.15, 0.2) is 11.5 Å². The van der Waals surface area contributed by atoms with E-state index in [-0.39, 0.29) is 5.91 Å². The van der Waals surface area contributed by atoms with Gasteiger partial charge in [-0.25, -0.2) is 4.98 Å². The fraction of sp³-hybridized carbons (Fsp3) is 0.300. The summed E-state index contributed by atoms with van der Waals surface area (Å²) < 4.78 is 12.9. The summed E-state index contributed by atoms with van der Waals surface area (Å²) in [4.78, 5) is 17.0. The first-order chi connectivity index (χ1) is 12.6. The lowest BCUT2D eigenvalue weighted by molar-refractivity contribution is 0.0952. The maximum Gasteiger partial charge on any atom is 0.251 e. The highest BCUT2D eigenvalue weighted by Crippen LogP contribution is 2.28. The van der Waals surface area contributed by atoms with Crippen LogP contribution in [0.2, 0.25) is 0 Å². The number of imidazole rings is 1. The van der Waals surface area contributed by atoms with Crippen molar-refractivity contribution in [2.75, 3.05) is 20.3 Å². The molecule has 1 aromatic heterocycles. The Morgan fingerprint density at radius 1 is 1.19 bits per heavy atom. The molecule has 3 rings (SSSR count). The number of nitrogens with zero attached hydrogens (tertiary/aromatic N) is 2. The van der Waals surface area contributed by atoms with E-state index in [1.165, 1.54) is 0 Å². The molecule has 26 heavy (non-hydrogen) atoms. The van der Waals surface area contributed by atoms with Gasteiger partial charge in [0.1, 0.15) is 5.82 Å². The maximum absolute atomic E-state index is 12.4. The van der Waals surface area contributed by atoms with E-state index in [4.69, 9.17) is 9.47 Å². The lowest BCUT2D eigenvalue weighted by Gasteiger charge is -2.12. The number of nitrogens with one attached hydrogen (secondary N) is 1. The van der Waals surface area contributed by atoms with E-state index in [1.807, 2.05) is 38.1 Å². The number of carbonyl (C=O) groups is 1. The summed E-state index contributed by atoms with van der Waals surface area (Å²) >= 11 is 0. The molecule has 0 saturated heterocycles. The number of aromatic nitrogens is 2. The van der Waals surface area contributed by atoms with Crippen molar-refractivity contribution in [3.05, 3.63) is 53.9 Å². The normalized spacial score (nSPS) is 10.7. The van der Waals surface area contributed by atoms with Crippen LogP contribution in [0.4, 0.5) is 0 Å². The number of fused-ring (bicyclic) bond motifs is 1. The van der Waals surface area contributed by atoms with E-state index >= 15 is 0 Å². The van der Waals surface area contributed by atoms with Gasteiger partial charge in [0.25, 0.3) is 5.91 Å². The van der Waals surface area contributed by atoms with Crippen LogP contribution >= 0.6 is 0 Å². The van der Waals surface area contributed by atoms with E-state index in [0.717, 1.165) is 16.9 Å². The molecule has 3 aromatic rings. The molecular weight excluding hydrogens is 330 g/mol. The minimum absolute atomic E-state index is 0.145. The number of ether oxygens (including phenoxy) is 2. The molecule has 1 amide bonds. The summed E-state index contributed by atoms with van der Waals surface area (Å²) in [5, 5.41) is 2.95. The number of hydrogen-bond acceptors (Lipinski definition) is 4. The highest BCUT2D eigenvalue weighted by Gasteiger charge is 2.11. The third-order valence-corrected chi connectivity index (χ3v) is 4.19. The second-order valence-corrected chi connectivity index (χ2v) is 5.85. The van der Waals surface area contributed by atoms with Gasteiger partial charge < -0.3 is 19.4 Å². The number of carbonyl (C=O) groups excluding carboxylic acids is 1. The molecule has 2 aromatic carbocycles. The number of benzene rings is 2. The smallest absolute Gasteiger partial charge is 0.251 e. The first-order valence-electron chi connectivity index (χ1n) is 8.65. The molecular formula is C20H23N3O3. The number of amides is 1. The number of para-hydroxylation sites is 2. The zero-order valence-electron chi connectivity index (χ0n) is 15.3. The van der Waals surface area contributed by atoms with E-state index in [0.29, 0.717) is 36.8 Å². The van der Waals surface area contributed by atoms with E-state index in [1.54, 1.807) is 25.3 Å². The molecule has 0 fully saturated rings. The Balaban J connectivity index is 1.66. The van der Waals surface area contributed by atoms with E-state index in [9.17, 15) is 4.79 Å². The molecule has 0 aliphatic carbocycles. The first-order valence-corrected chi connectivity index (χ1v) is 8.65. The van der Waals surface area contributed by atoms with Crippen molar-refractivity contribution in [1.29, 1.82) is 0 Å². The molecule has 0 bridgehead atoms. The van der Waals surface area contributed by atoms with Gasteiger partial charge in [0, 0.05) is 18.7 Å². The Bertz CT molecular complexity index is 918. The van der Waals surface area contributed by atoms with Crippen LogP contribution in [0.5, 0.6) is 11.5 Å². The molecule has 136 valence electrons. The van der Waals surface area contributed by atoms with Crippen LogP contribution in [0.25, 0.3) is 11.0 Å². The quantitative estimate of drug-likeness (QED) is 0.708. The third kappa shape index (κ3) is 3.64. The maximum atomic E-state index is 12.4. The van der Waals surface area contributed by atoms with Gasteiger partial charge in [-0.3, -0.25) is 4.79 Å². The summed E-state index contributed by atoms with van der Waals surface area (Å²) in [5.74, 6) is 1.97. The molecule has 1 N–H and O–H groups in total. The largest absolute Gasteiger partial charge is 0.493 e. The lowest BCUT2D eigenvalue weighted by Crippen LogP contribution is -2.27. The average molecular weight is 353 g/mol. The number of methoxy groups -OCH3 is 1. The van der Waals surface area contributed by atoms with Crippen LogP contribution in [0.3, 0.4) is 0 Å². The van der Waals surface area contributed by atoms with Crippen molar-refractivity contribution in [1.82, 2.24) is 14.9 Å². The van der Waals surface area contributed by atoms with Crippen molar-refractivity contribution in [2.24, 2.45) is 0 Å². The predicted molar refractivity (Wildman–Crippen MR) is 101 cm³/mol. The van der Waals surface area contributed by atoms with Crippen LogP contribution in [0.15, 0.2) is 42.5 Å². The third-order valence-electron chi connectivity index (χ3n) is 4.19. The number of rotatable bonds is 7. The van der Waals surface area contributed by atoms with Crippen molar-refractivity contribution in [2.45, 2.75) is 20.4 Å². The highest BCUT2D eigenvalue weighted by molar-refractivity contribution is 5.94. The van der Waals surface area contributed by atoms with Crippen molar-refractivity contribution < 1.29 is 14.3 Å². The highest BCUT2D eigenvalue weighted by atomic mass is 16.5. The SMILES string of the molecule is CCOc1ccc(C(=O)NCCn2c(C)nc3ccccc32)cc1OC. The summed E-state index contributed by atoms with van der Waals surface area (Å²) in [5.41, 5.74) is 2.58. The lowest BCUT2D eigenvalue weighted by atomic mass is 10.2. The molecule has 0 radical (unpaired) electrons. The van der Waals surface area contributed by atoms with Gasteiger partial charge in [-0.1, -0.05) is 12.1 Å². The van der Waals surface area contributed by atoms with Crippen LogP contribution in [0.1, 0.15) is 23.1 Å². The fourth-order valence-electron chi connectivity index (χ4n) is 2.95. The Labute approximate surface area is 152 Å². The first kappa shape index (κ1) is 17.8. The molecule has 6 nitrogen and oxygen atoms in total. The Hall–Kier alpha value is -3.02. The molecule has 0 aliphatic rings. The summed E-state index contributed by atoms with van der Waals surface area (Å²) in [7, 11) is 1.56. The van der Waals surface area contributed by atoms with Gasteiger partial charge in [-0.15, -0.1) is 0 Å². The standard InChI is InChI=1S/C20H23N3O3/c1-4-26-18-10-9-15(13-19(18)25-3)20(24)21-11-12-23-14(2)22-16-7-5-6-8-17(16)23/h5-10,13H,4,11-12H2,1-3H3,(H,21,24). The van der Waals surface area contributed by atoms with Crippen LogP contribution in [-0.2, 0) is 6.54 Å². The monoisotopic (exact) mass is 353 g/mol. The minimum atomic E-state index is -0.145. The summed E-state index contributed by atoms with van der Waals surface area (Å²) in [6.45, 7) is 5.59. The average Bonchev–Trinajstić information content (AvgIpc) is 2.97. The molecule has 1 heterocycles. The second-order valence-electron chi connectivity index (χ2n) is 5.85. The van der Waals surface area contributed by atoms with Crippen molar-refractivity contribution >= 4 is 16.9 Å². The molecule has 0 spiro atoms. The van der Waals surface area contributed by atoms with Gasteiger partial charge in [0.2, 0.25) is 0 Å². The molecule has 0 aliphatic heterocycles. The zero-order chi connectivity index (χ0) is 18.5. The van der Waals surface area contributed by atoms with Gasteiger partial charge in [0.05, 0.1) is 24.8 Å². The topological polar surface area (TPSA) is 65.4 Å². The van der Waals surface area contributed by atoms with E-state index in [2.05, 4.69) is 14.9 Å². The van der Waals surface area contributed by atoms with E-state index < -0.39 is 0 Å². The van der Waals surface area contributed by atoms with Crippen LogP contribution < -0.4 is 14.8 Å². The van der Waals surface area contributed by atoms with Crippen molar-refractivity contribution in [3.63, 3.8) is 0 Å². The van der Waals surface area contributed by atoms with Crippen LogP contribution in [-0.4, -0.2) is 35.7 Å². The number of hydrogen-bond donors (Lipinski definition) is 1. The predicted octanol–water partition coefficient (Wildman–Crippen LogP) is 3.18. The Kier molecular flexibility index (Phi) is 5.41. The summed E-state index contributed by atoms with van der Waals surface area (Å²) in [6.07, 6.45) is 0. The molecule has 6 heteroatoms. The summed E-state index contributed by atoms with van der Waals surface area (Å²) in [6, 6.07) is 13.2. The fourth-order valence-corrected chi connectivity index (χ4v) is 2.95. The molecule has 0 saturated carbocycles. The minimum Gasteiger partial charge on any atom is -0.493 e. The Morgan fingerprint density at radius 3 is 2.77 bits per heavy atom. The second kappa shape index (κ2) is 7.91. The van der Waals surface area contributed by atoms with Gasteiger partial charge >= 0.3 is 0 Å². The zero-order valence-corrected chi connectivity index (χ0v) is 15.3. The number of aryl methyl sites for hydroxylation is 1. The van der Waals surface area contributed by atoms with Gasteiger partial charge in [-0.2, -0.15) is 0 Å². The van der Waals surface area contributed by atoms with Gasteiger partial charge in [-0.05, 0) is 44.2 Å². The van der Waals surface area contributed by atoms with Crippen molar-refractivity contribution in [3.8, 4) is 11.5 Å². The van der Waals surface area contributed by atoms with Crippen LogP contribution in [0, 0.1) is 6.92 Å². The Morgan fingerprint density at radius 2 is 2.00 bits per heavy atom. The molecule has 0 unspecified atom stereocenters.